The fourth-order valence-electron chi connectivity index (χ4n) is 2.06. The van der Waals surface area contributed by atoms with Gasteiger partial charge in [-0.05, 0) is 24.6 Å². The molecular weight excluding hydrogens is 190 g/mol. The lowest BCUT2D eigenvalue weighted by atomic mass is 10.1. The first-order chi connectivity index (χ1) is 7.22. The molecule has 0 fully saturated rings. The summed E-state index contributed by atoms with van der Waals surface area (Å²) in [5, 5.41) is 19.2. The molecule has 0 spiro atoms. The Morgan fingerprint density at radius 3 is 3.00 bits per heavy atom. The fourth-order valence-corrected chi connectivity index (χ4v) is 2.06. The summed E-state index contributed by atoms with van der Waals surface area (Å²) in [5.41, 5.74) is 1.92. The van der Waals surface area contributed by atoms with Gasteiger partial charge < -0.3 is 15.1 Å². The summed E-state index contributed by atoms with van der Waals surface area (Å²) in [6.45, 7) is 3.79. The van der Waals surface area contributed by atoms with Gasteiger partial charge in [0.2, 0.25) is 0 Å². The average Bonchev–Trinajstić information content (AvgIpc) is 2.53. The number of fused-ring (bicyclic) bond motifs is 1. The fraction of sp³-hybridized carbons (Fsp3) is 0.500. The van der Waals surface area contributed by atoms with E-state index in [-0.39, 0.29) is 5.75 Å². The molecule has 0 saturated heterocycles. The van der Waals surface area contributed by atoms with Crippen LogP contribution >= 0.6 is 0 Å². The molecule has 1 aromatic rings. The SMILES string of the molecule is CCCCN1CC(O)c2cc(O)ccc21. The maximum Gasteiger partial charge on any atom is 0.116 e. The molecule has 0 aromatic heterocycles. The quantitative estimate of drug-likeness (QED) is 0.797. The number of aliphatic hydroxyl groups is 1. The molecule has 82 valence electrons. The van der Waals surface area contributed by atoms with E-state index in [9.17, 15) is 10.2 Å². The molecule has 1 aliphatic heterocycles. The van der Waals surface area contributed by atoms with Gasteiger partial charge in [-0.1, -0.05) is 13.3 Å². The number of hydrogen-bond acceptors (Lipinski definition) is 3. The Balaban J connectivity index is 2.22. The van der Waals surface area contributed by atoms with E-state index in [0.717, 1.165) is 30.6 Å². The minimum atomic E-state index is -0.455. The van der Waals surface area contributed by atoms with Gasteiger partial charge in [0.1, 0.15) is 5.75 Å². The summed E-state index contributed by atoms with van der Waals surface area (Å²) in [6, 6.07) is 5.22. The molecule has 0 aliphatic carbocycles. The van der Waals surface area contributed by atoms with Gasteiger partial charge in [0.15, 0.2) is 0 Å². The summed E-state index contributed by atoms with van der Waals surface area (Å²) in [6.07, 6.45) is 1.83. The molecule has 0 amide bonds. The summed E-state index contributed by atoms with van der Waals surface area (Å²) in [7, 11) is 0. The number of phenols is 1. The van der Waals surface area contributed by atoms with E-state index in [1.165, 1.54) is 0 Å². The molecule has 0 radical (unpaired) electrons. The smallest absolute Gasteiger partial charge is 0.116 e. The lowest BCUT2D eigenvalue weighted by molar-refractivity contribution is 0.193. The lowest BCUT2D eigenvalue weighted by Gasteiger charge is -2.18. The molecule has 3 heteroatoms. The van der Waals surface area contributed by atoms with Crippen LogP contribution in [-0.2, 0) is 0 Å². The Hall–Kier alpha value is -1.22. The molecule has 2 N–H and O–H groups in total. The van der Waals surface area contributed by atoms with E-state index in [2.05, 4.69) is 11.8 Å². The number of rotatable bonds is 3. The zero-order valence-corrected chi connectivity index (χ0v) is 8.98. The van der Waals surface area contributed by atoms with Crippen molar-refractivity contribution in [3.8, 4) is 5.75 Å². The molecule has 1 aromatic carbocycles. The maximum atomic E-state index is 9.82. The van der Waals surface area contributed by atoms with Crippen LogP contribution in [0.4, 0.5) is 5.69 Å². The number of anilines is 1. The molecule has 1 aliphatic rings. The maximum absolute atomic E-state index is 9.82. The Labute approximate surface area is 90.0 Å². The summed E-state index contributed by atoms with van der Waals surface area (Å²) < 4.78 is 0. The lowest BCUT2D eigenvalue weighted by Crippen LogP contribution is -2.22. The van der Waals surface area contributed by atoms with E-state index in [4.69, 9.17) is 0 Å². The van der Waals surface area contributed by atoms with Crippen LogP contribution in [0.1, 0.15) is 31.4 Å². The van der Waals surface area contributed by atoms with Crippen molar-refractivity contribution in [3.05, 3.63) is 23.8 Å². The number of aliphatic hydroxyl groups excluding tert-OH is 1. The third-order valence-electron chi connectivity index (χ3n) is 2.89. The van der Waals surface area contributed by atoms with Crippen LogP contribution in [-0.4, -0.2) is 23.3 Å². The Bertz CT molecular complexity index is 351. The molecule has 3 nitrogen and oxygen atoms in total. The Morgan fingerprint density at radius 2 is 2.27 bits per heavy atom. The average molecular weight is 207 g/mol. The zero-order chi connectivity index (χ0) is 10.8. The Morgan fingerprint density at radius 1 is 1.47 bits per heavy atom. The van der Waals surface area contributed by atoms with Crippen molar-refractivity contribution in [2.45, 2.75) is 25.9 Å². The van der Waals surface area contributed by atoms with E-state index >= 15 is 0 Å². The molecule has 0 saturated carbocycles. The van der Waals surface area contributed by atoms with Crippen molar-refractivity contribution in [2.24, 2.45) is 0 Å². The minimum Gasteiger partial charge on any atom is -0.508 e. The summed E-state index contributed by atoms with van der Waals surface area (Å²) in [5.74, 6) is 0.227. The van der Waals surface area contributed by atoms with E-state index in [1.807, 2.05) is 6.07 Å². The second kappa shape index (κ2) is 4.11. The van der Waals surface area contributed by atoms with Crippen molar-refractivity contribution >= 4 is 5.69 Å². The third-order valence-corrected chi connectivity index (χ3v) is 2.89. The number of β-amino-alcohol motifs (C(OH)–C–C–N with tert-alkyl or cyclic N) is 1. The molecule has 0 bridgehead atoms. The van der Waals surface area contributed by atoms with Crippen LogP contribution in [0, 0.1) is 0 Å². The topological polar surface area (TPSA) is 43.7 Å². The molecule has 2 rings (SSSR count). The largest absolute Gasteiger partial charge is 0.508 e. The second-order valence-electron chi connectivity index (χ2n) is 4.06. The van der Waals surface area contributed by atoms with Gasteiger partial charge in [-0.25, -0.2) is 0 Å². The monoisotopic (exact) mass is 207 g/mol. The molecule has 15 heavy (non-hydrogen) atoms. The normalized spacial score (nSPS) is 19.3. The molecule has 1 unspecified atom stereocenters. The van der Waals surface area contributed by atoms with Gasteiger partial charge in [-0.3, -0.25) is 0 Å². The van der Waals surface area contributed by atoms with Crippen LogP contribution in [0.5, 0.6) is 5.75 Å². The number of nitrogens with zero attached hydrogens (tertiary/aromatic N) is 1. The Kier molecular flexibility index (Phi) is 2.82. The van der Waals surface area contributed by atoms with E-state index in [1.54, 1.807) is 12.1 Å². The van der Waals surface area contributed by atoms with Crippen LogP contribution in [0.2, 0.25) is 0 Å². The van der Waals surface area contributed by atoms with Gasteiger partial charge in [-0.15, -0.1) is 0 Å². The number of unbranched alkanes of at least 4 members (excludes halogenated alkanes) is 1. The second-order valence-corrected chi connectivity index (χ2v) is 4.06. The van der Waals surface area contributed by atoms with E-state index < -0.39 is 6.10 Å². The van der Waals surface area contributed by atoms with Crippen LogP contribution in [0.3, 0.4) is 0 Å². The van der Waals surface area contributed by atoms with Gasteiger partial charge in [0.05, 0.1) is 6.10 Å². The van der Waals surface area contributed by atoms with Gasteiger partial charge in [-0.2, -0.15) is 0 Å². The van der Waals surface area contributed by atoms with Crippen molar-refractivity contribution in [1.29, 1.82) is 0 Å². The van der Waals surface area contributed by atoms with Crippen LogP contribution in [0.25, 0.3) is 0 Å². The predicted octanol–water partition coefficient (Wildman–Crippen LogP) is 2.05. The molecule has 1 atom stereocenters. The number of phenolic OH excluding ortho intramolecular Hbond substituents is 1. The highest BCUT2D eigenvalue weighted by molar-refractivity contribution is 5.61. The standard InChI is InChI=1S/C12H17NO2/c1-2-3-6-13-8-12(15)10-7-9(14)4-5-11(10)13/h4-5,7,12,14-15H,2-3,6,8H2,1H3. The minimum absolute atomic E-state index is 0.227. The number of benzene rings is 1. The third kappa shape index (κ3) is 1.92. The van der Waals surface area contributed by atoms with Crippen molar-refractivity contribution in [2.75, 3.05) is 18.0 Å². The van der Waals surface area contributed by atoms with Gasteiger partial charge in [0, 0.05) is 24.3 Å². The predicted molar refractivity (Wildman–Crippen MR) is 60.2 cm³/mol. The van der Waals surface area contributed by atoms with Crippen molar-refractivity contribution in [1.82, 2.24) is 0 Å². The zero-order valence-electron chi connectivity index (χ0n) is 8.98. The van der Waals surface area contributed by atoms with Crippen LogP contribution < -0.4 is 4.90 Å². The van der Waals surface area contributed by atoms with Gasteiger partial charge in [0.25, 0.3) is 0 Å². The highest BCUT2D eigenvalue weighted by atomic mass is 16.3. The summed E-state index contributed by atoms with van der Waals surface area (Å²) >= 11 is 0. The molecule has 1 heterocycles. The highest BCUT2D eigenvalue weighted by Gasteiger charge is 2.26. The first-order valence-electron chi connectivity index (χ1n) is 5.48. The van der Waals surface area contributed by atoms with Gasteiger partial charge >= 0.3 is 0 Å². The van der Waals surface area contributed by atoms with Crippen LogP contribution in [0.15, 0.2) is 18.2 Å². The number of aromatic hydroxyl groups is 1. The molecular formula is C12H17NO2. The van der Waals surface area contributed by atoms with E-state index in [0.29, 0.717) is 6.54 Å². The first kappa shape index (κ1) is 10.3. The van der Waals surface area contributed by atoms with Crippen molar-refractivity contribution < 1.29 is 10.2 Å². The highest BCUT2D eigenvalue weighted by Crippen LogP contribution is 2.36. The number of hydrogen-bond donors (Lipinski definition) is 2. The van der Waals surface area contributed by atoms with Crippen molar-refractivity contribution in [3.63, 3.8) is 0 Å². The summed E-state index contributed by atoms with van der Waals surface area (Å²) in [4.78, 5) is 2.18. The first-order valence-corrected chi connectivity index (χ1v) is 5.48.